The number of benzene rings is 2. The average Bonchev–Trinajstić information content (AvgIpc) is 3.22. The first-order valence-electron chi connectivity index (χ1n) is 10.2. The molecule has 154 valence electrons. The van der Waals surface area contributed by atoms with Gasteiger partial charge in [0.1, 0.15) is 12.1 Å². The molecule has 30 heavy (non-hydrogen) atoms. The fourth-order valence-corrected chi connectivity index (χ4v) is 4.10. The highest BCUT2D eigenvalue weighted by Gasteiger charge is 2.24. The molecule has 2 aromatic carbocycles. The van der Waals surface area contributed by atoms with Crippen LogP contribution in [0.1, 0.15) is 35.3 Å². The van der Waals surface area contributed by atoms with Crippen LogP contribution in [0.25, 0.3) is 0 Å². The Kier molecular flexibility index (Phi) is 4.58. The average molecular weight is 403 g/mol. The lowest BCUT2D eigenvalue weighted by atomic mass is 10.0. The van der Waals surface area contributed by atoms with Gasteiger partial charge in [-0.3, -0.25) is 0 Å². The Labute approximate surface area is 175 Å². The van der Waals surface area contributed by atoms with Crippen molar-refractivity contribution in [2.75, 3.05) is 29.3 Å². The normalized spacial score (nSPS) is 15.6. The molecule has 0 spiro atoms. The lowest BCUT2D eigenvalue weighted by Crippen LogP contribution is -2.32. The van der Waals surface area contributed by atoms with Crippen LogP contribution in [0.3, 0.4) is 0 Å². The third kappa shape index (κ3) is 3.36. The summed E-state index contributed by atoms with van der Waals surface area (Å²) >= 11 is 0. The molecule has 7 nitrogen and oxygen atoms in total. The van der Waals surface area contributed by atoms with E-state index in [2.05, 4.69) is 52.2 Å². The molecule has 0 saturated heterocycles. The number of fused-ring (bicyclic) bond motifs is 2. The topological polar surface area (TPSA) is 85.5 Å². The summed E-state index contributed by atoms with van der Waals surface area (Å²) < 4.78 is 10.9. The second kappa shape index (κ2) is 7.40. The number of aromatic nitrogens is 2. The SMILES string of the molecule is Cc1ccc(N2CCc3ncnc(N[C@H](C)c4ccc5c(c4)OCO5)c3C2)c(N)c1. The monoisotopic (exact) mass is 403 g/mol. The van der Waals surface area contributed by atoms with Crippen LogP contribution in [-0.2, 0) is 13.0 Å². The van der Waals surface area contributed by atoms with Gasteiger partial charge in [0.05, 0.1) is 23.1 Å². The number of anilines is 3. The van der Waals surface area contributed by atoms with Crippen molar-refractivity contribution in [3.05, 3.63) is 65.1 Å². The maximum Gasteiger partial charge on any atom is 0.231 e. The fourth-order valence-electron chi connectivity index (χ4n) is 4.10. The number of nitrogens with one attached hydrogen (secondary N) is 1. The van der Waals surface area contributed by atoms with Crippen molar-refractivity contribution in [1.29, 1.82) is 0 Å². The highest BCUT2D eigenvalue weighted by atomic mass is 16.7. The van der Waals surface area contributed by atoms with E-state index in [9.17, 15) is 0 Å². The summed E-state index contributed by atoms with van der Waals surface area (Å²) in [5.41, 5.74) is 12.7. The first kappa shape index (κ1) is 18.5. The first-order valence-corrected chi connectivity index (χ1v) is 10.2. The van der Waals surface area contributed by atoms with E-state index in [1.165, 1.54) is 0 Å². The highest BCUT2D eigenvalue weighted by molar-refractivity contribution is 5.69. The Morgan fingerprint density at radius 3 is 2.83 bits per heavy atom. The molecule has 0 radical (unpaired) electrons. The van der Waals surface area contributed by atoms with Crippen LogP contribution in [0.5, 0.6) is 11.5 Å². The van der Waals surface area contributed by atoms with E-state index in [0.29, 0.717) is 0 Å². The molecule has 2 aliphatic heterocycles. The Hall–Kier alpha value is -3.48. The predicted octanol–water partition coefficient (Wildman–Crippen LogP) is 3.83. The zero-order valence-electron chi connectivity index (χ0n) is 17.2. The molecule has 5 rings (SSSR count). The minimum absolute atomic E-state index is 0.0540. The van der Waals surface area contributed by atoms with Gasteiger partial charge >= 0.3 is 0 Å². The summed E-state index contributed by atoms with van der Waals surface area (Å²) in [6.07, 6.45) is 2.50. The minimum atomic E-state index is 0.0540. The molecule has 0 saturated carbocycles. The number of nitrogen functional groups attached to an aromatic ring is 1. The van der Waals surface area contributed by atoms with Crippen molar-refractivity contribution in [3.8, 4) is 11.5 Å². The number of ether oxygens (including phenoxy) is 2. The molecular weight excluding hydrogens is 378 g/mol. The highest BCUT2D eigenvalue weighted by Crippen LogP contribution is 2.36. The molecule has 0 bridgehead atoms. The number of nitrogens with zero attached hydrogens (tertiary/aromatic N) is 3. The molecule has 0 fully saturated rings. The Balaban J connectivity index is 1.40. The molecule has 3 N–H and O–H groups in total. The number of hydrogen-bond donors (Lipinski definition) is 2. The molecule has 3 heterocycles. The van der Waals surface area contributed by atoms with Gasteiger partial charge in [0.2, 0.25) is 6.79 Å². The summed E-state index contributed by atoms with van der Waals surface area (Å²) in [5.74, 6) is 2.43. The van der Waals surface area contributed by atoms with Crippen LogP contribution in [0, 0.1) is 6.92 Å². The maximum absolute atomic E-state index is 6.30. The Morgan fingerprint density at radius 2 is 1.97 bits per heavy atom. The smallest absolute Gasteiger partial charge is 0.231 e. The number of nitrogens with two attached hydrogens (primary N) is 1. The number of hydrogen-bond acceptors (Lipinski definition) is 7. The van der Waals surface area contributed by atoms with Crippen LogP contribution in [0.15, 0.2) is 42.7 Å². The van der Waals surface area contributed by atoms with Gasteiger partial charge in [-0.2, -0.15) is 0 Å². The summed E-state index contributed by atoms with van der Waals surface area (Å²) in [7, 11) is 0. The molecule has 7 heteroatoms. The summed E-state index contributed by atoms with van der Waals surface area (Å²) in [6.45, 7) is 6.05. The molecule has 3 aromatic rings. The van der Waals surface area contributed by atoms with Crippen molar-refractivity contribution < 1.29 is 9.47 Å². The van der Waals surface area contributed by atoms with Gasteiger partial charge in [-0.05, 0) is 49.2 Å². The third-order valence-electron chi connectivity index (χ3n) is 5.78. The van der Waals surface area contributed by atoms with Gasteiger partial charge in [-0.1, -0.05) is 12.1 Å². The van der Waals surface area contributed by atoms with E-state index < -0.39 is 0 Å². The first-order chi connectivity index (χ1) is 14.6. The maximum atomic E-state index is 6.30. The van der Waals surface area contributed by atoms with Crippen molar-refractivity contribution in [2.45, 2.75) is 32.9 Å². The third-order valence-corrected chi connectivity index (χ3v) is 5.78. The number of aryl methyl sites for hydroxylation is 1. The van der Waals surface area contributed by atoms with Gasteiger partial charge in [-0.25, -0.2) is 9.97 Å². The number of rotatable bonds is 4. The summed E-state index contributed by atoms with van der Waals surface area (Å²) in [6, 6.07) is 12.3. The van der Waals surface area contributed by atoms with Crippen LogP contribution in [0.2, 0.25) is 0 Å². The second-order valence-electron chi connectivity index (χ2n) is 7.86. The van der Waals surface area contributed by atoms with Crippen molar-refractivity contribution in [1.82, 2.24) is 9.97 Å². The van der Waals surface area contributed by atoms with Crippen LogP contribution in [-0.4, -0.2) is 23.3 Å². The largest absolute Gasteiger partial charge is 0.454 e. The lowest BCUT2D eigenvalue weighted by Gasteiger charge is -2.32. The van der Waals surface area contributed by atoms with Gasteiger partial charge in [0, 0.05) is 25.1 Å². The van der Waals surface area contributed by atoms with Gasteiger partial charge in [0.25, 0.3) is 0 Å². The Morgan fingerprint density at radius 1 is 1.10 bits per heavy atom. The molecule has 0 unspecified atom stereocenters. The summed E-state index contributed by atoms with van der Waals surface area (Å²) in [5, 5.41) is 3.57. The second-order valence-corrected chi connectivity index (χ2v) is 7.86. The minimum Gasteiger partial charge on any atom is -0.454 e. The van der Waals surface area contributed by atoms with Crippen LogP contribution < -0.4 is 25.4 Å². The van der Waals surface area contributed by atoms with Crippen molar-refractivity contribution in [2.24, 2.45) is 0 Å². The van der Waals surface area contributed by atoms with E-state index in [0.717, 1.165) is 70.6 Å². The van der Waals surface area contributed by atoms with Crippen molar-refractivity contribution >= 4 is 17.2 Å². The molecular formula is C23H25N5O2. The van der Waals surface area contributed by atoms with E-state index >= 15 is 0 Å². The zero-order chi connectivity index (χ0) is 20.7. The molecule has 1 aromatic heterocycles. The molecule has 2 aliphatic rings. The van der Waals surface area contributed by atoms with Gasteiger partial charge < -0.3 is 25.4 Å². The van der Waals surface area contributed by atoms with E-state index in [-0.39, 0.29) is 12.8 Å². The molecule has 0 aliphatic carbocycles. The van der Waals surface area contributed by atoms with E-state index in [1.807, 2.05) is 18.2 Å². The quantitative estimate of drug-likeness (QED) is 0.640. The fraction of sp³-hybridized carbons (Fsp3) is 0.304. The van der Waals surface area contributed by atoms with Crippen molar-refractivity contribution in [3.63, 3.8) is 0 Å². The summed E-state index contributed by atoms with van der Waals surface area (Å²) in [4.78, 5) is 11.4. The zero-order valence-corrected chi connectivity index (χ0v) is 17.2. The van der Waals surface area contributed by atoms with Gasteiger partial charge in [-0.15, -0.1) is 0 Å². The van der Waals surface area contributed by atoms with Crippen LogP contribution >= 0.6 is 0 Å². The Bertz CT molecular complexity index is 1100. The van der Waals surface area contributed by atoms with Gasteiger partial charge in [0.15, 0.2) is 11.5 Å². The van der Waals surface area contributed by atoms with E-state index in [4.69, 9.17) is 15.2 Å². The predicted molar refractivity (Wildman–Crippen MR) is 117 cm³/mol. The van der Waals surface area contributed by atoms with Crippen LogP contribution in [0.4, 0.5) is 17.2 Å². The molecule has 1 atom stereocenters. The molecule has 0 amide bonds. The standard InChI is InChI=1S/C23H25N5O2/c1-14-3-5-20(18(24)9-14)28-8-7-19-17(11-28)23(26-12-25-19)27-15(2)16-4-6-21-22(10-16)30-13-29-21/h3-6,9-10,12,15H,7-8,11,13,24H2,1-2H3,(H,25,26,27)/t15-/m1/s1. The van der Waals surface area contributed by atoms with E-state index in [1.54, 1.807) is 6.33 Å². The lowest BCUT2D eigenvalue weighted by molar-refractivity contribution is 0.174.